The van der Waals surface area contributed by atoms with Gasteiger partial charge in [-0.1, -0.05) is 6.07 Å². The summed E-state index contributed by atoms with van der Waals surface area (Å²) in [6.45, 7) is 1.76. The van der Waals surface area contributed by atoms with Crippen LogP contribution in [0.15, 0.2) is 42.6 Å². The number of aromatic nitrogens is 1. The minimum atomic E-state index is -4.37. The van der Waals surface area contributed by atoms with E-state index >= 15 is 0 Å². The van der Waals surface area contributed by atoms with Gasteiger partial charge in [0.1, 0.15) is 11.7 Å². The predicted octanol–water partition coefficient (Wildman–Crippen LogP) is 3.95. The summed E-state index contributed by atoms with van der Waals surface area (Å²) in [4.78, 5) is 20.9. The topological polar surface area (TPSA) is 45.7 Å². The van der Waals surface area contributed by atoms with Crippen LogP contribution in [-0.2, 0) is 6.18 Å². The van der Waals surface area contributed by atoms with Gasteiger partial charge in [0.2, 0.25) is 5.88 Å². The Bertz CT molecular complexity index is 895. The molecule has 2 aliphatic rings. The molecular formula is C21H22F3N3O2S. The van der Waals surface area contributed by atoms with E-state index in [0.717, 1.165) is 30.1 Å². The van der Waals surface area contributed by atoms with Crippen molar-refractivity contribution in [1.29, 1.82) is 0 Å². The first-order valence-electron chi connectivity index (χ1n) is 9.83. The second kappa shape index (κ2) is 8.75. The highest BCUT2D eigenvalue weighted by molar-refractivity contribution is 7.99. The number of amides is 1. The maximum Gasteiger partial charge on any atom is 0.416 e. The van der Waals surface area contributed by atoms with E-state index in [1.54, 1.807) is 29.3 Å². The van der Waals surface area contributed by atoms with Crippen molar-refractivity contribution in [3.05, 3.63) is 53.7 Å². The molecule has 0 bridgehead atoms. The standard InChI is InChI=1S/C21H22F3N3O2S/c22-21(23,24)15-3-1-4-16(13-15)26-8-10-27(11-9-26)20(28)18-5-2-7-25-19(18)29-17-6-12-30-14-17/h1-5,7,13,17H,6,8-12,14H2/t17-/m0/s1. The fourth-order valence-electron chi connectivity index (χ4n) is 3.63. The molecule has 2 aromatic rings. The number of hydrogen-bond donors (Lipinski definition) is 0. The number of anilines is 1. The molecule has 2 fully saturated rings. The minimum Gasteiger partial charge on any atom is -0.473 e. The summed E-state index contributed by atoms with van der Waals surface area (Å²) in [5.41, 5.74) is 0.281. The van der Waals surface area contributed by atoms with Crippen molar-refractivity contribution in [3.8, 4) is 5.88 Å². The van der Waals surface area contributed by atoms with Gasteiger partial charge in [-0.3, -0.25) is 4.79 Å². The normalized spacial score (nSPS) is 19.8. The molecule has 0 N–H and O–H groups in total. The van der Waals surface area contributed by atoms with Crippen LogP contribution in [0.2, 0.25) is 0 Å². The van der Waals surface area contributed by atoms with Crippen molar-refractivity contribution in [2.75, 3.05) is 42.6 Å². The van der Waals surface area contributed by atoms with Crippen LogP contribution >= 0.6 is 11.8 Å². The number of nitrogens with zero attached hydrogens (tertiary/aromatic N) is 3. The van der Waals surface area contributed by atoms with E-state index in [4.69, 9.17) is 4.74 Å². The number of halogens is 3. The fourth-order valence-corrected chi connectivity index (χ4v) is 4.72. The third-order valence-corrected chi connectivity index (χ3v) is 6.41. The van der Waals surface area contributed by atoms with Crippen LogP contribution in [-0.4, -0.2) is 59.6 Å². The third-order valence-electron chi connectivity index (χ3n) is 5.27. The summed E-state index contributed by atoms with van der Waals surface area (Å²) >= 11 is 1.82. The number of benzene rings is 1. The molecule has 2 saturated heterocycles. The van der Waals surface area contributed by atoms with E-state index in [2.05, 4.69) is 4.98 Å². The SMILES string of the molecule is O=C(c1cccnc1O[C@H]1CCSC1)N1CCN(c2cccc(C(F)(F)F)c2)CC1. The lowest BCUT2D eigenvalue weighted by Crippen LogP contribution is -2.49. The van der Waals surface area contributed by atoms with Gasteiger partial charge in [0.05, 0.1) is 5.56 Å². The molecule has 1 aromatic carbocycles. The number of rotatable bonds is 4. The Labute approximate surface area is 177 Å². The first-order valence-corrected chi connectivity index (χ1v) is 11.0. The molecule has 5 nitrogen and oxygen atoms in total. The van der Waals surface area contributed by atoms with Crippen molar-refractivity contribution >= 4 is 23.4 Å². The van der Waals surface area contributed by atoms with Crippen LogP contribution in [0, 0.1) is 0 Å². The number of pyridine rings is 1. The number of carbonyl (C=O) groups excluding carboxylic acids is 1. The molecule has 2 aliphatic heterocycles. The maximum atomic E-state index is 13.1. The van der Waals surface area contributed by atoms with Gasteiger partial charge in [-0.25, -0.2) is 4.98 Å². The minimum absolute atomic E-state index is 0.0641. The highest BCUT2D eigenvalue weighted by Gasteiger charge is 2.32. The number of carbonyl (C=O) groups is 1. The van der Waals surface area contributed by atoms with Gasteiger partial charge < -0.3 is 14.5 Å². The quantitative estimate of drug-likeness (QED) is 0.725. The van der Waals surface area contributed by atoms with Crippen molar-refractivity contribution < 1.29 is 22.7 Å². The Kier molecular flexibility index (Phi) is 6.08. The van der Waals surface area contributed by atoms with Gasteiger partial charge in [0.25, 0.3) is 5.91 Å². The lowest BCUT2D eigenvalue weighted by Gasteiger charge is -2.36. The van der Waals surface area contributed by atoms with Crippen molar-refractivity contribution in [2.45, 2.75) is 18.7 Å². The van der Waals surface area contributed by atoms with E-state index in [0.29, 0.717) is 43.3 Å². The highest BCUT2D eigenvalue weighted by Crippen LogP contribution is 2.32. The Morgan fingerprint density at radius 3 is 2.63 bits per heavy atom. The van der Waals surface area contributed by atoms with Crippen LogP contribution in [0.1, 0.15) is 22.3 Å². The van der Waals surface area contributed by atoms with E-state index in [1.807, 2.05) is 16.7 Å². The maximum absolute atomic E-state index is 13.1. The summed E-state index contributed by atoms with van der Waals surface area (Å²) in [7, 11) is 0. The second-order valence-electron chi connectivity index (χ2n) is 7.29. The Hall–Kier alpha value is -2.42. The molecule has 1 amide bonds. The molecule has 3 heterocycles. The van der Waals surface area contributed by atoms with Gasteiger partial charge in [-0.2, -0.15) is 24.9 Å². The molecule has 0 aliphatic carbocycles. The van der Waals surface area contributed by atoms with Crippen LogP contribution < -0.4 is 9.64 Å². The molecular weight excluding hydrogens is 415 g/mol. The molecule has 1 atom stereocenters. The monoisotopic (exact) mass is 437 g/mol. The molecule has 1 aromatic heterocycles. The molecule has 30 heavy (non-hydrogen) atoms. The Balaban J connectivity index is 1.42. The summed E-state index contributed by atoms with van der Waals surface area (Å²) < 4.78 is 44.9. The molecule has 0 spiro atoms. The number of ether oxygens (including phenoxy) is 1. The predicted molar refractivity (Wildman–Crippen MR) is 110 cm³/mol. The molecule has 4 rings (SSSR count). The van der Waals surface area contributed by atoms with E-state index in [9.17, 15) is 18.0 Å². The lowest BCUT2D eigenvalue weighted by atomic mass is 10.1. The lowest BCUT2D eigenvalue weighted by molar-refractivity contribution is -0.137. The smallest absolute Gasteiger partial charge is 0.416 e. The molecule has 0 unspecified atom stereocenters. The first-order chi connectivity index (χ1) is 14.4. The highest BCUT2D eigenvalue weighted by atomic mass is 32.2. The Morgan fingerprint density at radius 2 is 1.93 bits per heavy atom. The molecule has 9 heteroatoms. The zero-order valence-corrected chi connectivity index (χ0v) is 17.1. The van der Waals surface area contributed by atoms with Crippen LogP contribution in [0.25, 0.3) is 0 Å². The van der Waals surface area contributed by atoms with E-state index in [-0.39, 0.29) is 12.0 Å². The second-order valence-corrected chi connectivity index (χ2v) is 8.44. The number of hydrogen-bond acceptors (Lipinski definition) is 5. The van der Waals surface area contributed by atoms with Crippen molar-refractivity contribution in [2.24, 2.45) is 0 Å². The van der Waals surface area contributed by atoms with Crippen molar-refractivity contribution in [3.63, 3.8) is 0 Å². The third kappa shape index (κ3) is 4.66. The van der Waals surface area contributed by atoms with Gasteiger partial charge >= 0.3 is 6.18 Å². The molecule has 0 saturated carbocycles. The van der Waals surface area contributed by atoms with Crippen LogP contribution in [0.4, 0.5) is 18.9 Å². The van der Waals surface area contributed by atoms with Crippen LogP contribution in [0.3, 0.4) is 0 Å². The summed E-state index contributed by atoms with van der Waals surface area (Å²) in [6.07, 6.45) is -1.76. The average molecular weight is 437 g/mol. The number of piperazine rings is 1. The Morgan fingerprint density at radius 1 is 1.13 bits per heavy atom. The summed E-state index contributed by atoms with van der Waals surface area (Å²) in [5, 5.41) is 0. The zero-order chi connectivity index (χ0) is 21.1. The fraction of sp³-hybridized carbons (Fsp3) is 0.429. The van der Waals surface area contributed by atoms with E-state index < -0.39 is 11.7 Å². The molecule has 160 valence electrons. The number of alkyl halides is 3. The molecule has 0 radical (unpaired) electrons. The summed E-state index contributed by atoms with van der Waals surface area (Å²) in [5.74, 6) is 2.13. The van der Waals surface area contributed by atoms with Gasteiger partial charge in [-0.15, -0.1) is 0 Å². The van der Waals surface area contributed by atoms with Crippen molar-refractivity contribution in [1.82, 2.24) is 9.88 Å². The summed E-state index contributed by atoms with van der Waals surface area (Å²) in [6, 6.07) is 8.73. The average Bonchev–Trinajstić information content (AvgIpc) is 3.26. The van der Waals surface area contributed by atoms with Gasteiger partial charge in [0.15, 0.2) is 0 Å². The van der Waals surface area contributed by atoms with Gasteiger partial charge in [-0.05, 0) is 42.5 Å². The van der Waals surface area contributed by atoms with Crippen LogP contribution in [0.5, 0.6) is 5.88 Å². The van der Waals surface area contributed by atoms with Gasteiger partial charge in [0, 0.05) is 43.8 Å². The number of thioether (sulfide) groups is 1. The first kappa shape index (κ1) is 20.8. The zero-order valence-electron chi connectivity index (χ0n) is 16.3. The van der Waals surface area contributed by atoms with E-state index in [1.165, 1.54) is 6.07 Å². The largest absolute Gasteiger partial charge is 0.473 e.